The second-order valence-corrected chi connectivity index (χ2v) is 4.58. The summed E-state index contributed by atoms with van der Waals surface area (Å²) in [5, 5.41) is 4.84. The number of anilines is 1. The molecule has 0 amide bonds. The van der Waals surface area contributed by atoms with Crippen molar-refractivity contribution in [2.75, 3.05) is 12.8 Å². The number of benzene rings is 1. The minimum Gasteiger partial charge on any atom is -0.495 e. The molecule has 98 valence electrons. The van der Waals surface area contributed by atoms with E-state index < -0.39 is 0 Å². The fraction of sp³-hybridized carbons (Fsp3) is 0.214. The number of rotatable bonds is 2. The van der Waals surface area contributed by atoms with Crippen LogP contribution in [0.25, 0.3) is 22.2 Å². The maximum atomic E-state index is 5.62. The van der Waals surface area contributed by atoms with Gasteiger partial charge in [0.1, 0.15) is 5.75 Å². The maximum Gasteiger partial charge on any atom is 0.171 e. The molecular weight excluding hydrogens is 242 g/mol. The number of ether oxygens (including phenoxy) is 1. The molecule has 0 saturated heterocycles. The highest BCUT2D eigenvalue weighted by molar-refractivity contribution is 6.00. The Hall–Kier alpha value is -2.43. The summed E-state index contributed by atoms with van der Waals surface area (Å²) in [4.78, 5) is 0. The van der Waals surface area contributed by atoms with Gasteiger partial charge in [0.05, 0.1) is 12.6 Å². The average Bonchev–Trinajstić information content (AvgIpc) is 2.95. The first-order valence-corrected chi connectivity index (χ1v) is 5.97. The lowest BCUT2D eigenvalue weighted by atomic mass is 10.1. The monoisotopic (exact) mass is 257 g/mol. The molecule has 0 aliphatic rings. The number of nitrogens with two attached hydrogens (primary N) is 1. The van der Waals surface area contributed by atoms with Gasteiger partial charge in [-0.05, 0) is 18.6 Å². The Kier molecular flexibility index (Phi) is 2.48. The fourth-order valence-electron chi connectivity index (χ4n) is 2.45. The second-order valence-electron chi connectivity index (χ2n) is 4.58. The van der Waals surface area contributed by atoms with Gasteiger partial charge in [-0.2, -0.15) is 0 Å². The summed E-state index contributed by atoms with van der Waals surface area (Å²) in [5.41, 5.74) is 8.78. The Labute approximate surface area is 110 Å². The highest BCUT2D eigenvalue weighted by atomic mass is 16.5. The van der Waals surface area contributed by atoms with Crippen LogP contribution in [0.3, 0.4) is 0 Å². The van der Waals surface area contributed by atoms with Crippen molar-refractivity contribution in [3.8, 4) is 17.1 Å². The molecule has 0 bridgehead atoms. The highest BCUT2D eigenvalue weighted by Gasteiger charge is 2.17. The standard InChI is InChI=1S/C14H15N3O2/c1-8-4-5-10(18-3)14-13(8)9(7-17(14)2)11-6-12(15)16-19-11/h4-7H,1-3H3,(H2,15,16). The molecule has 2 N–H and O–H groups in total. The SMILES string of the molecule is COc1ccc(C)c2c(-c3cc(N)no3)cn(C)c12. The van der Waals surface area contributed by atoms with Gasteiger partial charge >= 0.3 is 0 Å². The number of aryl methyl sites for hydroxylation is 2. The Morgan fingerprint density at radius 1 is 1.37 bits per heavy atom. The largest absolute Gasteiger partial charge is 0.495 e. The van der Waals surface area contributed by atoms with Gasteiger partial charge in [0, 0.05) is 30.3 Å². The van der Waals surface area contributed by atoms with Gasteiger partial charge in [0.25, 0.3) is 0 Å². The average molecular weight is 257 g/mol. The number of aromatic nitrogens is 2. The molecule has 0 aliphatic heterocycles. The van der Waals surface area contributed by atoms with Crippen LogP contribution in [-0.4, -0.2) is 16.8 Å². The Morgan fingerprint density at radius 3 is 2.79 bits per heavy atom. The lowest BCUT2D eigenvalue weighted by Gasteiger charge is -2.06. The Balaban J connectivity index is 2.38. The zero-order valence-electron chi connectivity index (χ0n) is 11.1. The van der Waals surface area contributed by atoms with Gasteiger partial charge in [-0.3, -0.25) is 0 Å². The van der Waals surface area contributed by atoms with Crippen molar-refractivity contribution in [1.82, 2.24) is 9.72 Å². The van der Waals surface area contributed by atoms with Crippen LogP contribution in [0.15, 0.2) is 28.9 Å². The van der Waals surface area contributed by atoms with Crippen molar-refractivity contribution < 1.29 is 9.26 Å². The predicted molar refractivity (Wildman–Crippen MR) is 74.1 cm³/mol. The molecule has 0 saturated carbocycles. The van der Waals surface area contributed by atoms with Crippen LogP contribution in [0, 0.1) is 6.92 Å². The predicted octanol–water partition coefficient (Wildman–Crippen LogP) is 2.73. The van der Waals surface area contributed by atoms with Crippen molar-refractivity contribution in [2.45, 2.75) is 6.92 Å². The van der Waals surface area contributed by atoms with E-state index in [2.05, 4.69) is 12.1 Å². The molecule has 2 heterocycles. The van der Waals surface area contributed by atoms with Crippen molar-refractivity contribution in [2.24, 2.45) is 7.05 Å². The van der Waals surface area contributed by atoms with Crippen LogP contribution in [0.5, 0.6) is 5.75 Å². The molecule has 0 spiro atoms. The van der Waals surface area contributed by atoms with E-state index in [9.17, 15) is 0 Å². The Bertz CT molecular complexity index is 755. The van der Waals surface area contributed by atoms with Gasteiger partial charge in [-0.25, -0.2) is 0 Å². The first-order chi connectivity index (χ1) is 9.11. The minimum atomic E-state index is 0.382. The van der Waals surface area contributed by atoms with E-state index in [-0.39, 0.29) is 0 Å². The molecule has 0 aliphatic carbocycles. The molecule has 3 aromatic rings. The van der Waals surface area contributed by atoms with E-state index in [0.717, 1.165) is 27.8 Å². The first kappa shape index (κ1) is 11.6. The van der Waals surface area contributed by atoms with Crippen LogP contribution in [0.1, 0.15) is 5.56 Å². The normalized spacial score (nSPS) is 11.1. The molecule has 3 rings (SSSR count). The molecule has 2 aromatic heterocycles. The minimum absolute atomic E-state index is 0.382. The summed E-state index contributed by atoms with van der Waals surface area (Å²) >= 11 is 0. The zero-order chi connectivity index (χ0) is 13.6. The first-order valence-electron chi connectivity index (χ1n) is 5.97. The molecule has 19 heavy (non-hydrogen) atoms. The van der Waals surface area contributed by atoms with Gasteiger partial charge in [-0.1, -0.05) is 11.2 Å². The lowest BCUT2D eigenvalue weighted by molar-refractivity contribution is 0.418. The van der Waals surface area contributed by atoms with Crippen molar-refractivity contribution in [3.05, 3.63) is 30.0 Å². The van der Waals surface area contributed by atoms with E-state index in [1.165, 1.54) is 0 Å². The molecular formula is C14H15N3O2. The summed E-state index contributed by atoms with van der Waals surface area (Å²) in [6, 6.07) is 5.73. The third-order valence-electron chi connectivity index (χ3n) is 3.31. The number of hydrogen-bond donors (Lipinski definition) is 1. The smallest absolute Gasteiger partial charge is 0.171 e. The zero-order valence-corrected chi connectivity index (χ0v) is 11.1. The summed E-state index contributed by atoms with van der Waals surface area (Å²) in [6.45, 7) is 2.06. The van der Waals surface area contributed by atoms with Crippen LogP contribution in [-0.2, 0) is 7.05 Å². The molecule has 0 atom stereocenters. The van der Waals surface area contributed by atoms with Crippen LogP contribution in [0.2, 0.25) is 0 Å². The van der Waals surface area contributed by atoms with Crippen LogP contribution in [0.4, 0.5) is 5.82 Å². The maximum absolute atomic E-state index is 5.62. The molecule has 5 heteroatoms. The number of nitrogens with zero attached hydrogens (tertiary/aromatic N) is 2. The molecule has 0 unspecified atom stereocenters. The topological polar surface area (TPSA) is 66.2 Å². The van der Waals surface area contributed by atoms with E-state index in [1.807, 2.05) is 29.9 Å². The number of nitrogen functional groups attached to an aromatic ring is 1. The van der Waals surface area contributed by atoms with Crippen molar-refractivity contribution >= 4 is 16.7 Å². The van der Waals surface area contributed by atoms with Crippen molar-refractivity contribution in [1.29, 1.82) is 0 Å². The second kappa shape index (κ2) is 4.05. The third kappa shape index (κ3) is 1.66. The van der Waals surface area contributed by atoms with Gasteiger partial charge in [-0.15, -0.1) is 0 Å². The van der Waals surface area contributed by atoms with Crippen LogP contribution < -0.4 is 10.5 Å². The van der Waals surface area contributed by atoms with Crippen molar-refractivity contribution in [3.63, 3.8) is 0 Å². The third-order valence-corrected chi connectivity index (χ3v) is 3.31. The fourth-order valence-corrected chi connectivity index (χ4v) is 2.45. The van der Waals surface area contributed by atoms with E-state index in [4.69, 9.17) is 15.0 Å². The number of hydrogen-bond acceptors (Lipinski definition) is 4. The molecule has 1 aromatic carbocycles. The quantitative estimate of drug-likeness (QED) is 0.766. The van der Waals surface area contributed by atoms with E-state index in [1.54, 1.807) is 13.2 Å². The summed E-state index contributed by atoms with van der Waals surface area (Å²) in [5.74, 6) is 1.88. The van der Waals surface area contributed by atoms with Crippen LogP contribution >= 0.6 is 0 Å². The molecule has 0 fully saturated rings. The van der Waals surface area contributed by atoms with E-state index in [0.29, 0.717) is 11.6 Å². The summed E-state index contributed by atoms with van der Waals surface area (Å²) in [7, 11) is 3.65. The highest BCUT2D eigenvalue weighted by Crippen LogP contribution is 2.37. The summed E-state index contributed by atoms with van der Waals surface area (Å²) in [6.07, 6.45) is 2.00. The number of fused-ring (bicyclic) bond motifs is 1. The summed E-state index contributed by atoms with van der Waals surface area (Å²) < 4.78 is 12.7. The molecule has 0 radical (unpaired) electrons. The van der Waals surface area contributed by atoms with Gasteiger partial charge < -0.3 is 19.6 Å². The lowest BCUT2D eigenvalue weighted by Crippen LogP contribution is -1.90. The van der Waals surface area contributed by atoms with E-state index >= 15 is 0 Å². The Morgan fingerprint density at radius 2 is 2.16 bits per heavy atom. The number of methoxy groups -OCH3 is 1. The van der Waals surface area contributed by atoms with Gasteiger partial charge in [0.2, 0.25) is 0 Å². The van der Waals surface area contributed by atoms with Gasteiger partial charge in [0.15, 0.2) is 11.6 Å². The molecule has 5 nitrogen and oxygen atoms in total.